The first-order valence-corrected chi connectivity index (χ1v) is 6.15. The fraction of sp³-hybridized carbons (Fsp3) is 0.462. The first-order valence-electron chi connectivity index (χ1n) is 6.15. The van der Waals surface area contributed by atoms with Gasteiger partial charge in [-0.1, -0.05) is 0 Å². The van der Waals surface area contributed by atoms with Crippen molar-refractivity contribution in [3.8, 4) is 0 Å². The molecule has 1 heterocycles. The highest BCUT2D eigenvalue weighted by Crippen LogP contribution is 2.20. The maximum atomic E-state index is 12.2. The molecular weight excluding hydrogens is 232 g/mol. The Bertz CT molecular complexity index is 456. The lowest BCUT2D eigenvalue weighted by molar-refractivity contribution is -0.384. The van der Waals surface area contributed by atoms with Gasteiger partial charge in [0, 0.05) is 30.3 Å². The van der Waals surface area contributed by atoms with Crippen LogP contribution in [0.5, 0.6) is 0 Å². The third-order valence-electron chi connectivity index (χ3n) is 3.39. The fourth-order valence-electron chi connectivity index (χ4n) is 2.29. The molecular formula is C13H16N2O3. The number of non-ortho nitro benzene ring substituents is 1. The van der Waals surface area contributed by atoms with Gasteiger partial charge in [-0.05, 0) is 38.3 Å². The molecule has 0 saturated carbocycles. The molecule has 0 N–H and O–H groups in total. The minimum atomic E-state index is -0.461. The number of nitro benzene ring substituents is 1. The molecule has 1 aliphatic heterocycles. The monoisotopic (exact) mass is 248 g/mol. The number of nitrogens with zero attached hydrogens (tertiary/aromatic N) is 2. The maximum Gasteiger partial charge on any atom is 0.269 e. The minimum Gasteiger partial charge on any atom is -0.336 e. The summed E-state index contributed by atoms with van der Waals surface area (Å²) < 4.78 is 0. The maximum absolute atomic E-state index is 12.2. The van der Waals surface area contributed by atoms with Crippen molar-refractivity contribution in [3.05, 3.63) is 39.9 Å². The van der Waals surface area contributed by atoms with Crippen LogP contribution in [-0.2, 0) is 0 Å². The zero-order valence-corrected chi connectivity index (χ0v) is 10.3. The summed E-state index contributed by atoms with van der Waals surface area (Å²) in [7, 11) is 0. The van der Waals surface area contributed by atoms with Gasteiger partial charge in [0.1, 0.15) is 0 Å². The Hall–Kier alpha value is -1.91. The first-order chi connectivity index (χ1) is 8.59. The molecule has 2 rings (SSSR count). The predicted octanol–water partition coefficient (Wildman–Crippen LogP) is 2.61. The Morgan fingerprint density at radius 3 is 2.56 bits per heavy atom. The SMILES string of the molecule is C[C@@H]1CCCCN1C(=O)c1ccc([N+](=O)[O-])cc1. The molecule has 0 spiro atoms. The average Bonchev–Trinajstić information content (AvgIpc) is 2.38. The van der Waals surface area contributed by atoms with E-state index in [9.17, 15) is 14.9 Å². The summed E-state index contributed by atoms with van der Waals surface area (Å²) in [6.07, 6.45) is 3.22. The third kappa shape index (κ3) is 2.50. The van der Waals surface area contributed by atoms with Gasteiger partial charge in [-0.3, -0.25) is 14.9 Å². The molecule has 1 aliphatic rings. The number of hydrogen-bond donors (Lipinski definition) is 0. The molecule has 0 unspecified atom stereocenters. The van der Waals surface area contributed by atoms with Crippen LogP contribution in [0.25, 0.3) is 0 Å². The molecule has 1 amide bonds. The van der Waals surface area contributed by atoms with E-state index >= 15 is 0 Å². The number of benzene rings is 1. The third-order valence-corrected chi connectivity index (χ3v) is 3.39. The molecule has 1 saturated heterocycles. The number of carbonyl (C=O) groups is 1. The van der Waals surface area contributed by atoms with Crippen molar-refractivity contribution in [2.24, 2.45) is 0 Å². The van der Waals surface area contributed by atoms with Gasteiger partial charge in [0.25, 0.3) is 11.6 Å². The van der Waals surface area contributed by atoms with E-state index in [1.54, 1.807) is 0 Å². The Balaban J connectivity index is 2.15. The van der Waals surface area contributed by atoms with Crippen molar-refractivity contribution < 1.29 is 9.72 Å². The number of carbonyl (C=O) groups excluding carboxylic acids is 1. The van der Waals surface area contributed by atoms with E-state index in [0.717, 1.165) is 25.8 Å². The van der Waals surface area contributed by atoms with Crippen LogP contribution in [0.3, 0.4) is 0 Å². The second kappa shape index (κ2) is 5.16. The van der Waals surface area contributed by atoms with E-state index in [0.29, 0.717) is 5.56 Å². The van der Waals surface area contributed by atoms with E-state index in [1.807, 2.05) is 11.8 Å². The Morgan fingerprint density at radius 2 is 2.00 bits per heavy atom. The number of amides is 1. The van der Waals surface area contributed by atoms with E-state index in [4.69, 9.17) is 0 Å². The van der Waals surface area contributed by atoms with Gasteiger partial charge in [-0.15, -0.1) is 0 Å². The molecule has 0 aromatic heterocycles. The lowest BCUT2D eigenvalue weighted by Crippen LogP contribution is -2.41. The van der Waals surface area contributed by atoms with Crippen molar-refractivity contribution in [3.63, 3.8) is 0 Å². The predicted molar refractivity (Wildman–Crippen MR) is 67.4 cm³/mol. The number of hydrogen-bond acceptors (Lipinski definition) is 3. The Morgan fingerprint density at radius 1 is 1.33 bits per heavy atom. The Kier molecular flexibility index (Phi) is 3.60. The van der Waals surface area contributed by atoms with Crippen LogP contribution in [0.15, 0.2) is 24.3 Å². The lowest BCUT2D eigenvalue weighted by atomic mass is 10.0. The van der Waals surface area contributed by atoms with Crippen LogP contribution in [0, 0.1) is 10.1 Å². The second-order valence-electron chi connectivity index (χ2n) is 4.65. The molecule has 0 bridgehead atoms. The van der Waals surface area contributed by atoms with Gasteiger partial charge in [0.05, 0.1) is 4.92 Å². The molecule has 1 fully saturated rings. The summed E-state index contributed by atoms with van der Waals surface area (Å²) in [5.41, 5.74) is 0.535. The van der Waals surface area contributed by atoms with Crippen molar-refractivity contribution in [1.29, 1.82) is 0 Å². The second-order valence-corrected chi connectivity index (χ2v) is 4.65. The molecule has 1 aromatic carbocycles. The van der Waals surface area contributed by atoms with E-state index in [1.165, 1.54) is 24.3 Å². The van der Waals surface area contributed by atoms with Gasteiger partial charge in [0.15, 0.2) is 0 Å². The van der Waals surface area contributed by atoms with Crippen LogP contribution >= 0.6 is 0 Å². The van der Waals surface area contributed by atoms with Gasteiger partial charge in [0.2, 0.25) is 0 Å². The van der Waals surface area contributed by atoms with Crippen LogP contribution in [0.1, 0.15) is 36.5 Å². The molecule has 96 valence electrons. The number of rotatable bonds is 2. The van der Waals surface area contributed by atoms with E-state index in [-0.39, 0.29) is 17.6 Å². The van der Waals surface area contributed by atoms with Crippen LogP contribution < -0.4 is 0 Å². The number of likely N-dealkylation sites (tertiary alicyclic amines) is 1. The lowest BCUT2D eigenvalue weighted by Gasteiger charge is -2.33. The first kappa shape index (κ1) is 12.5. The van der Waals surface area contributed by atoms with Crippen molar-refractivity contribution in [2.45, 2.75) is 32.2 Å². The largest absolute Gasteiger partial charge is 0.336 e. The minimum absolute atomic E-state index is 0.0123. The summed E-state index contributed by atoms with van der Waals surface area (Å²) >= 11 is 0. The van der Waals surface area contributed by atoms with Crippen LogP contribution in [0.2, 0.25) is 0 Å². The van der Waals surface area contributed by atoms with Crippen LogP contribution in [-0.4, -0.2) is 28.3 Å². The normalized spacial score (nSPS) is 19.6. The van der Waals surface area contributed by atoms with E-state index in [2.05, 4.69) is 0 Å². The van der Waals surface area contributed by atoms with Crippen LogP contribution in [0.4, 0.5) is 5.69 Å². The zero-order chi connectivity index (χ0) is 13.1. The van der Waals surface area contributed by atoms with Crippen molar-refractivity contribution in [2.75, 3.05) is 6.54 Å². The van der Waals surface area contributed by atoms with E-state index < -0.39 is 4.92 Å². The molecule has 1 atom stereocenters. The standard InChI is InChI=1S/C13H16N2O3/c1-10-4-2-3-9-14(10)13(16)11-5-7-12(8-6-11)15(17)18/h5-8,10H,2-4,9H2,1H3/t10-/m1/s1. The highest BCUT2D eigenvalue weighted by atomic mass is 16.6. The molecule has 18 heavy (non-hydrogen) atoms. The van der Waals surface area contributed by atoms with Gasteiger partial charge >= 0.3 is 0 Å². The summed E-state index contributed by atoms with van der Waals surface area (Å²) in [5, 5.41) is 10.5. The smallest absolute Gasteiger partial charge is 0.269 e. The quantitative estimate of drug-likeness (QED) is 0.597. The van der Waals surface area contributed by atoms with Crippen molar-refractivity contribution in [1.82, 2.24) is 4.90 Å². The molecule has 0 aliphatic carbocycles. The summed E-state index contributed by atoms with van der Waals surface area (Å²) in [6.45, 7) is 2.82. The fourth-order valence-corrected chi connectivity index (χ4v) is 2.29. The Labute approximate surface area is 106 Å². The van der Waals surface area contributed by atoms with Gasteiger partial charge in [-0.25, -0.2) is 0 Å². The average molecular weight is 248 g/mol. The molecule has 0 radical (unpaired) electrons. The van der Waals surface area contributed by atoms with Crippen molar-refractivity contribution >= 4 is 11.6 Å². The summed E-state index contributed by atoms with van der Waals surface area (Å²) in [5.74, 6) is -0.0305. The van der Waals surface area contributed by atoms with Gasteiger partial charge < -0.3 is 4.90 Å². The zero-order valence-electron chi connectivity index (χ0n) is 10.3. The highest BCUT2D eigenvalue weighted by molar-refractivity contribution is 5.94. The highest BCUT2D eigenvalue weighted by Gasteiger charge is 2.24. The number of piperidine rings is 1. The molecule has 1 aromatic rings. The summed E-state index contributed by atoms with van der Waals surface area (Å²) in [6, 6.07) is 6.06. The molecule has 5 nitrogen and oxygen atoms in total. The summed E-state index contributed by atoms with van der Waals surface area (Å²) in [4.78, 5) is 24.2. The number of nitro groups is 1. The topological polar surface area (TPSA) is 63.5 Å². The molecule has 5 heteroatoms. The van der Waals surface area contributed by atoms with Gasteiger partial charge in [-0.2, -0.15) is 0 Å².